The zero-order valence-corrected chi connectivity index (χ0v) is 9.07. The molecule has 0 radical (unpaired) electrons. The van der Waals surface area contributed by atoms with E-state index in [2.05, 4.69) is 15.4 Å². The highest BCUT2D eigenvalue weighted by atomic mass is 35.5. The van der Waals surface area contributed by atoms with Gasteiger partial charge in [0.1, 0.15) is 12.2 Å². The predicted molar refractivity (Wildman–Crippen MR) is 59.8 cm³/mol. The highest BCUT2D eigenvalue weighted by Gasteiger charge is 1.99. The van der Waals surface area contributed by atoms with Crippen LogP contribution in [-0.4, -0.2) is 14.8 Å². The molecule has 0 saturated heterocycles. The van der Waals surface area contributed by atoms with Crippen LogP contribution in [0, 0.1) is 0 Å². The van der Waals surface area contributed by atoms with Crippen molar-refractivity contribution in [3.63, 3.8) is 0 Å². The molecule has 0 amide bonds. The second kappa shape index (κ2) is 4.31. The zero-order chi connectivity index (χ0) is 10.7. The molecule has 5 heteroatoms. The second-order valence-corrected chi connectivity index (χ2v) is 3.60. The van der Waals surface area contributed by atoms with Crippen LogP contribution in [-0.2, 0) is 13.6 Å². The smallest absolute Gasteiger partial charge is 0.145 e. The van der Waals surface area contributed by atoms with Crippen molar-refractivity contribution in [1.82, 2.24) is 14.8 Å². The van der Waals surface area contributed by atoms with Crippen LogP contribution in [0.15, 0.2) is 30.6 Å². The van der Waals surface area contributed by atoms with E-state index in [-0.39, 0.29) is 0 Å². The number of hydrogen-bond acceptors (Lipinski definition) is 3. The minimum atomic E-state index is 0.636. The summed E-state index contributed by atoms with van der Waals surface area (Å²) in [6, 6.07) is 7.58. The molecular formula is C10H11ClN4. The van der Waals surface area contributed by atoms with Crippen LogP contribution in [0.2, 0.25) is 5.02 Å². The summed E-state index contributed by atoms with van der Waals surface area (Å²) in [5.41, 5.74) is 0.977. The van der Waals surface area contributed by atoms with Gasteiger partial charge in [0.25, 0.3) is 0 Å². The molecule has 0 fully saturated rings. The third kappa shape index (κ3) is 2.47. The summed E-state index contributed by atoms with van der Waals surface area (Å²) < 4.78 is 1.73. The van der Waals surface area contributed by atoms with Gasteiger partial charge in [-0.3, -0.25) is 4.68 Å². The van der Waals surface area contributed by atoms with Crippen LogP contribution in [0.5, 0.6) is 0 Å². The lowest BCUT2D eigenvalue weighted by atomic mass is 10.3. The number of halogens is 1. The molecule has 78 valence electrons. The Hall–Kier alpha value is -1.55. The van der Waals surface area contributed by atoms with Gasteiger partial charge in [0, 0.05) is 17.8 Å². The number of aryl methyl sites for hydroxylation is 1. The number of nitrogens with zero attached hydrogens (tertiary/aromatic N) is 3. The van der Waals surface area contributed by atoms with Crippen LogP contribution >= 0.6 is 11.6 Å². The molecule has 0 bridgehead atoms. The van der Waals surface area contributed by atoms with Crippen molar-refractivity contribution < 1.29 is 0 Å². The standard InChI is InChI=1S/C10H11ClN4/c1-15-10(13-7-14-15)6-12-9-4-2-3-8(11)5-9/h2-5,7,12H,6H2,1H3. The number of hydrogen-bond donors (Lipinski definition) is 1. The Morgan fingerprint density at radius 3 is 3.00 bits per heavy atom. The average Bonchev–Trinajstić information content (AvgIpc) is 2.61. The molecule has 0 aliphatic heterocycles. The van der Waals surface area contributed by atoms with Crippen LogP contribution < -0.4 is 5.32 Å². The Morgan fingerprint density at radius 1 is 1.47 bits per heavy atom. The lowest BCUT2D eigenvalue weighted by molar-refractivity contribution is 0.712. The molecule has 0 aliphatic carbocycles. The summed E-state index contributed by atoms with van der Waals surface area (Å²) in [5, 5.41) is 7.93. The summed E-state index contributed by atoms with van der Waals surface area (Å²) >= 11 is 5.86. The maximum atomic E-state index is 5.86. The Kier molecular flexibility index (Phi) is 2.87. The lowest BCUT2D eigenvalue weighted by Gasteiger charge is -2.05. The van der Waals surface area contributed by atoms with Gasteiger partial charge in [-0.2, -0.15) is 5.10 Å². The van der Waals surface area contributed by atoms with Gasteiger partial charge in [0.05, 0.1) is 6.54 Å². The maximum absolute atomic E-state index is 5.86. The minimum Gasteiger partial charge on any atom is -0.378 e. The molecule has 0 atom stereocenters. The quantitative estimate of drug-likeness (QED) is 0.865. The molecule has 2 rings (SSSR count). The fourth-order valence-corrected chi connectivity index (χ4v) is 1.45. The minimum absolute atomic E-state index is 0.636. The summed E-state index contributed by atoms with van der Waals surface area (Å²) in [4.78, 5) is 4.11. The second-order valence-electron chi connectivity index (χ2n) is 3.16. The number of benzene rings is 1. The molecule has 2 aromatic rings. The zero-order valence-electron chi connectivity index (χ0n) is 8.31. The molecule has 1 heterocycles. The normalized spacial score (nSPS) is 10.3. The molecule has 15 heavy (non-hydrogen) atoms. The summed E-state index contributed by atoms with van der Waals surface area (Å²) in [6.07, 6.45) is 1.54. The van der Waals surface area contributed by atoms with Crippen LogP contribution in [0.25, 0.3) is 0 Å². The Balaban J connectivity index is 2.02. The first-order chi connectivity index (χ1) is 7.25. The Morgan fingerprint density at radius 2 is 2.33 bits per heavy atom. The molecule has 1 aromatic heterocycles. The maximum Gasteiger partial charge on any atom is 0.145 e. The van der Waals surface area contributed by atoms with Crippen LogP contribution in [0.1, 0.15) is 5.82 Å². The first-order valence-electron chi connectivity index (χ1n) is 4.58. The molecule has 1 N–H and O–H groups in total. The first-order valence-corrected chi connectivity index (χ1v) is 4.96. The topological polar surface area (TPSA) is 42.7 Å². The van der Waals surface area contributed by atoms with Crippen LogP contribution in [0.3, 0.4) is 0 Å². The monoisotopic (exact) mass is 222 g/mol. The lowest BCUT2D eigenvalue weighted by Crippen LogP contribution is -2.06. The van der Waals surface area contributed by atoms with Gasteiger partial charge in [-0.1, -0.05) is 17.7 Å². The van der Waals surface area contributed by atoms with E-state index in [9.17, 15) is 0 Å². The van der Waals surface area contributed by atoms with Gasteiger partial charge < -0.3 is 5.32 Å². The van der Waals surface area contributed by atoms with Crippen molar-refractivity contribution in [1.29, 1.82) is 0 Å². The van der Waals surface area contributed by atoms with E-state index in [1.165, 1.54) is 6.33 Å². The number of anilines is 1. The van der Waals surface area contributed by atoms with Gasteiger partial charge in [-0.15, -0.1) is 0 Å². The number of rotatable bonds is 3. The molecule has 0 unspecified atom stereocenters. The fraction of sp³-hybridized carbons (Fsp3) is 0.200. The van der Waals surface area contributed by atoms with E-state index in [1.807, 2.05) is 31.3 Å². The average molecular weight is 223 g/mol. The molecule has 0 saturated carbocycles. The van der Waals surface area contributed by atoms with E-state index in [4.69, 9.17) is 11.6 Å². The van der Waals surface area contributed by atoms with Gasteiger partial charge >= 0.3 is 0 Å². The molecular weight excluding hydrogens is 212 g/mol. The number of nitrogens with one attached hydrogen (secondary N) is 1. The predicted octanol–water partition coefficient (Wildman–Crippen LogP) is 2.08. The van der Waals surface area contributed by atoms with Crippen LogP contribution in [0.4, 0.5) is 5.69 Å². The summed E-state index contributed by atoms with van der Waals surface area (Å²) in [7, 11) is 1.86. The van der Waals surface area contributed by atoms with E-state index in [1.54, 1.807) is 4.68 Å². The largest absolute Gasteiger partial charge is 0.378 e. The highest BCUT2D eigenvalue weighted by Crippen LogP contribution is 2.15. The third-order valence-electron chi connectivity index (χ3n) is 2.08. The molecule has 4 nitrogen and oxygen atoms in total. The van der Waals surface area contributed by atoms with Gasteiger partial charge in [0.15, 0.2) is 0 Å². The van der Waals surface area contributed by atoms with Gasteiger partial charge in [-0.25, -0.2) is 4.98 Å². The van der Waals surface area contributed by atoms with E-state index in [0.717, 1.165) is 16.5 Å². The summed E-state index contributed by atoms with van der Waals surface area (Å²) in [6.45, 7) is 0.636. The third-order valence-corrected chi connectivity index (χ3v) is 2.32. The molecule has 1 aromatic carbocycles. The first kappa shape index (κ1) is 9.98. The van der Waals surface area contributed by atoms with Crippen molar-refractivity contribution in [2.45, 2.75) is 6.54 Å². The fourth-order valence-electron chi connectivity index (χ4n) is 1.26. The van der Waals surface area contributed by atoms with Gasteiger partial charge in [-0.05, 0) is 18.2 Å². The van der Waals surface area contributed by atoms with Crippen molar-refractivity contribution in [2.24, 2.45) is 7.05 Å². The highest BCUT2D eigenvalue weighted by molar-refractivity contribution is 6.30. The molecule has 0 spiro atoms. The van der Waals surface area contributed by atoms with Crippen molar-refractivity contribution >= 4 is 17.3 Å². The molecule has 0 aliphatic rings. The van der Waals surface area contributed by atoms with Crippen molar-refractivity contribution in [2.75, 3.05) is 5.32 Å². The Labute approximate surface area is 92.9 Å². The van der Waals surface area contributed by atoms with Crippen molar-refractivity contribution in [3.8, 4) is 0 Å². The van der Waals surface area contributed by atoms with Gasteiger partial charge in [0.2, 0.25) is 0 Å². The van der Waals surface area contributed by atoms with E-state index in [0.29, 0.717) is 6.54 Å². The Bertz CT molecular complexity index is 452. The van der Waals surface area contributed by atoms with E-state index >= 15 is 0 Å². The summed E-state index contributed by atoms with van der Waals surface area (Å²) in [5.74, 6) is 0.884. The van der Waals surface area contributed by atoms with Crippen molar-refractivity contribution in [3.05, 3.63) is 41.4 Å². The SMILES string of the molecule is Cn1ncnc1CNc1cccc(Cl)c1. The number of aromatic nitrogens is 3. The van der Waals surface area contributed by atoms with E-state index < -0.39 is 0 Å².